The van der Waals surface area contributed by atoms with Crippen LogP contribution in [0.25, 0.3) is 0 Å². The fourth-order valence-electron chi connectivity index (χ4n) is 4.60. The van der Waals surface area contributed by atoms with Gasteiger partial charge in [-0.2, -0.15) is 0 Å². The number of ether oxygens (including phenoxy) is 1. The molecule has 1 aromatic carbocycles. The number of aliphatic carboxylic acids is 1. The van der Waals surface area contributed by atoms with Crippen molar-refractivity contribution in [3.05, 3.63) is 29.3 Å². The molecule has 2 heterocycles. The number of carboxylic acids is 1. The van der Waals surface area contributed by atoms with E-state index in [-0.39, 0.29) is 18.2 Å². The Labute approximate surface area is 173 Å². The van der Waals surface area contributed by atoms with Gasteiger partial charge in [-0.05, 0) is 56.5 Å². The van der Waals surface area contributed by atoms with Crippen LogP contribution in [0, 0.1) is 12.8 Å². The number of amides is 1. The number of hydrogen-bond acceptors (Lipinski definition) is 5. The molecule has 0 aliphatic carbocycles. The number of piperidine rings is 1. The Balaban J connectivity index is 1.72. The molecule has 0 aromatic heterocycles. The zero-order chi connectivity index (χ0) is 21.0. The molecule has 0 radical (unpaired) electrons. The largest absolute Gasteiger partial charge is 0.497 e. The Morgan fingerprint density at radius 1 is 1.17 bits per heavy atom. The van der Waals surface area contributed by atoms with Gasteiger partial charge < -0.3 is 19.6 Å². The Bertz CT molecular complexity index is 731. The second-order valence-electron chi connectivity index (χ2n) is 8.32. The minimum Gasteiger partial charge on any atom is -0.497 e. The van der Waals surface area contributed by atoms with Gasteiger partial charge in [0, 0.05) is 57.3 Å². The number of carbonyl (C=O) groups excluding carboxylic acids is 1. The minimum atomic E-state index is -0.767. The number of carboxylic acid groups (broad SMARTS) is 1. The maximum Gasteiger partial charge on any atom is 0.303 e. The molecule has 0 saturated carbocycles. The van der Waals surface area contributed by atoms with Gasteiger partial charge in [0.15, 0.2) is 0 Å². The minimum absolute atomic E-state index is 0.0299. The van der Waals surface area contributed by atoms with Crippen molar-refractivity contribution >= 4 is 11.9 Å². The Morgan fingerprint density at radius 3 is 2.52 bits per heavy atom. The van der Waals surface area contributed by atoms with E-state index in [1.54, 1.807) is 7.11 Å². The maximum absolute atomic E-state index is 13.2. The Kier molecular flexibility index (Phi) is 7.14. The maximum atomic E-state index is 13.2. The van der Waals surface area contributed by atoms with Crippen molar-refractivity contribution in [3.63, 3.8) is 0 Å². The first kappa shape index (κ1) is 21.6. The van der Waals surface area contributed by atoms with E-state index in [9.17, 15) is 14.7 Å². The molecule has 2 saturated heterocycles. The number of carbonyl (C=O) groups is 2. The van der Waals surface area contributed by atoms with Crippen molar-refractivity contribution in [1.29, 1.82) is 0 Å². The fraction of sp³-hybridized carbons (Fsp3) is 0.636. The summed E-state index contributed by atoms with van der Waals surface area (Å²) in [5.41, 5.74) is 1.60. The highest BCUT2D eigenvalue weighted by atomic mass is 16.5. The van der Waals surface area contributed by atoms with E-state index in [1.807, 2.05) is 30.0 Å². The number of aryl methyl sites for hydroxylation is 1. The lowest BCUT2D eigenvalue weighted by Gasteiger charge is -2.46. The molecule has 1 aromatic rings. The highest BCUT2D eigenvalue weighted by Crippen LogP contribution is 2.29. The zero-order valence-electron chi connectivity index (χ0n) is 17.8. The molecule has 2 aliphatic rings. The highest BCUT2D eigenvalue weighted by molar-refractivity contribution is 5.96. The highest BCUT2D eigenvalue weighted by Gasteiger charge is 2.36. The van der Waals surface area contributed by atoms with Gasteiger partial charge in [0.05, 0.1) is 7.11 Å². The second-order valence-corrected chi connectivity index (χ2v) is 8.32. The van der Waals surface area contributed by atoms with Crippen molar-refractivity contribution in [1.82, 2.24) is 14.7 Å². The van der Waals surface area contributed by atoms with Crippen LogP contribution in [-0.2, 0) is 4.79 Å². The van der Waals surface area contributed by atoms with Crippen molar-refractivity contribution in [2.24, 2.45) is 5.92 Å². The van der Waals surface area contributed by atoms with Crippen LogP contribution in [0.5, 0.6) is 5.75 Å². The molecule has 7 nitrogen and oxygen atoms in total. The summed E-state index contributed by atoms with van der Waals surface area (Å²) >= 11 is 0. The van der Waals surface area contributed by atoms with Crippen LogP contribution in [-0.4, -0.2) is 91.2 Å². The molecule has 2 aliphatic heterocycles. The number of nitrogens with zero attached hydrogens (tertiary/aromatic N) is 3. The number of likely N-dealkylation sites (tertiary alicyclic amines) is 1. The van der Waals surface area contributed by atoms with Gasteiger partial charge in [0.1, 0.15) is 5.75 Å². The molecule has 2 fully saturated rings. The first-order chi connectivity index (χ1) is 13.9. The van der Waals surface area contributed by atoms with E-state index >= 15 is 0 Å². The van der Waals surface area contributed by atoms with Crippen LogP contribution >= 0.6 is 0 Å². The summed E-state index contributed by atoms with van der Waals surface area (Å²) < 4.78 is 5.25. The van der Waals surface area contributed by atoms with Crippen LogP contribution in [0.1, 0.15) is 35.2 Å². The number of methoxy groups -OCH3 is 1. The van der Waals surface area contributed by atoms with E-state index in [0.717, 1.165) is 43.9 Å². The summed E-state index contributed by atoms with van der Waals surface area (Å²) in [5, 5.41) is 9.20. The molecule has 160 valence electrons. The van der Waals surface area contributed by atoms with Crippen LogP contribution in [0.15, 0.2) is 18.2 Å². The van der Waals surface area contributed by atoms with Gasteiger partial charge in [-0.15, -0.1) is 0 Å². The average molecular weight is 404 g/mol. The topological polar surface area (TPSA) is 73.3 Å². The summed E-state index contributed by atoms with van der Waals surface area (Å²) in [5.74, 6) is 0.191. The molecule has 29 heavy (non-hydrogen) atoms. The number of hydrogen-bond donors (Lipinski definition) is 1. The molecule has 7 heteroatoms. The first-order valence-corrected chi connectivity index (χ1v) is 10.5. The Hall–Kier alpha value is -2.12. The molecule has 1 amide bonds. The summed E-state index contributed by atoms with van der Waals surface area (Å²) in [6, 6.07) is 5.88. The van der Waals surface area contributed by atoms with Gasteiger partial charge in [-0.1, -0.05) is 0 Å². The summed E-state index contributed by atoms with van der Waals surface area (Å²) in [4.78, 5) is 31.1. The second kappa shape index (κ2) is 9.59. The van der Waals surface area contributed by atoms with Crippen molar-refractivity contribution in [2.75, 3.05) is 53.4 Å². The van der Waals surface area contributed by atoms with E-state index in [1.165, 1.54) is 0 Å². The number of likely N-dealkylation sites (N-methyl/N-ethyl adjacent to an activating group) is 1. The third-order valence-electron chi connectivity index (χ3n) is 6.38. The van der Waals surface area contributed by atoms with Gasteiger partial charge in [-0.25, -0.2) is 0 Å². The average Bonchev–Trinajstić information content (AvgIpc) is 2.72. The molecule has 2 atom stereocenters. The van der Waals surface area contributed by atoms with Crippen LogP contribution < -0.4 is 4.74 Å². The standard InChI is InChI=1S/C22H33N3O4/c1-16-14-18(29-3)5-6-19(16)22(28)25-9-8-20(17(15-25)4-7-21(26)27)24-12-10-23(2)11-13-24/h5-6,14,17,20H,4,7-13,15H2,1-3H3,(H,26,27). The van der Waals surface area contributed by atoms with Crippen LogP contribution in [0.4, 0.5) is 0 Å². The summed E-state index contributed by atoms with van der Waals surface area (Å²) in [7, 11) is 3.75. The van der Waals surface area contributed by atoms with Crippen molar-refractivity contribution in [3.8, 4) is 5.75 Å². The molecule has 0 bridgehead atoms. The van der Waals surface area contributed by atoms with Gasteiger partial charge in [-0.3, -0.25) is 14.5 Å². The van der Waals surface area contributed by atoms with E-state index < -0.39 is 5.97 Å². The van der Waals surface area contributed by atoms with E-state index in [2.05, 4.69) is 16.8 Å². The third-order valence-corrected chi connectivity index (χ3v) is 6.38. The normalized spacial score (nSPS) is 23.8. The van der Waals surface area contributed by atoms with Crippen molar-refractivity contribution in [2.45, 2.75) is 32.2 Å². The number of benzene rings is 1. The van der Waals surface area contributed by atoms with E-state index in [4.69, 9.17) is 4.74 Å². The lowest BCUT2D eigenvalue weighted by molar-refractivity contribution is -0.137. The zero-order valence-corrected chi connectivity index (χ0v) is 17.8. The van der Waals surface area contributed by atoms with Crippen LogP contribution in [0.2, 0.25) is 0 Å². The van der Waals surface area contributed by atoms with E-state index in [0.29, 0.717) is 31.1 Å². The quantitative estimate of drug-likeness (QED) is 0.783. The lowest BCUT2D eigenvalue weighted by atomic mass is 9.86. The fourth-order valence-corrected chi connectivity index (χ4v) is 4.60. The third kappa shape index (κ3) is 5.28. The molecule has 0 spiro atoms. The molecule has 2 unspecified atom stereocenters. The summed E-state index contributed by atoms with van der Waals surface area (Å²) in [6.07, 6.45) is 1.66. The number of rotatable bonds is 6. The molecule has 3 rings (SSSR count). The monoisotopic (exact) mass is 403 g/mol. The lowest BCUT2D eigenvalue weighted by Crippen LogP contribution is -2.57. The van der Waals surface area contributed by atoms with Gasteiger partial charge in [0.2, 0.25) is 0 Å². The number of piperazine rings is 1. The van der Waals surface area contributed by atoms with Gasteiger partial charge >= 0.3 is 5.97 Å². The predicted molar refractivity (Wildman–Crippen MR) is 111 cm³/mol. The summed E-state index contributed by atoms with van der Waals surface area (Å²) in [6.45, 7) is 7.35. The van der Waals surface area contributed by atoms with Crippen molar-refractivity contribution < 1.29 is 19.4 Å². The molecular formula is C22H33N3O4. The SMILES string of the molecule is COc1ccc(C(=O)N2CCC(N3CCN(C)CC3)C(CCC(=O)O)C2)c(C)c1. The van der Waals surface area contributed by atoms with Crippen LogP contribution in [0.3, 0.4) is 0 Å². The molecular weight excluding hydrogens is 370 g/mol. The Morgan fingerprint density at radius 2 is 1.90 bits per heavy atom. The predicted octanol–water partition coefficient (Wildman–Crippen LogP) is 1.95. The first-order valence-electron chi connectivity index (χ1n) is 10.5. The van der Waals surface area contributed by atoms with Gasteiger partial charge in [0.25, 0.3) is 5.91 Å². The smallest absolute Gasteiger partial charge is 0.303 e. The molecule has 1 N–H and O–H groups in total.